The zero-order valence-corrected chi connectivity index (χ0v) is 13.9. The first kappa shape index (κ1) is 20.1. The third-order valence-corrected chi connectivity index (χ3v) is 2.58. The van der Waals surface area contributed by atoms with Crippen LogP contribution in [0.4, 0.5) is 4.79 Å². The molecule has 0 aliphatic heterocycles. The van der Waals surface area contributed by atoms with Gasteiger partial charge in [0, 0.05) is 0 Å². The van der Waals surface area contributed by atoms with Crippen LogP contribution in [0.5, 0.6) is 5.75 Å². The van der Waals surface area contributed by atoms with Gasteiger partial charge in [0.1, 0.15) is 11.4 Å². The number of amides is 1. The van der Waals surface area contributed by atoms with Gasteiger partial charge in [-0.15, -0.1) is 12.4 Å². The van der Waals surface area contributed by atoms with Gasteiger partial charge in [0.25, 0.3) is 0 Å². The molecule has 0 fully saturated rings. The van der Waals surface area contributed by atoms with E-state index >= 15 is 0 Å². The molecule has 0 saturated heterocycles. The summed E-state index contributed by atoms with van der Waals surface area (Å²) in [5.74, 6) is -0.350. The van der Waals surface area contributed by atoms with E-state index in [9.17, 15) is 14.7 Å². The first-order chi connectivity index (χ1) is 9.71. The molecule has 0 spiro atoms. The van der Waals surface area contributed by atoms with Gasteiger partial charge >= 0.3 is 12.1 Å². The van der Waals surface area contributed by atoms with Crippen LogP contribution in [0.3, 0.4) is 0 Å². The Morgan fingerprint density at radius 2 is 1.77 bits per heavy atom. The number of phenolic OH excluding ortho intramolecular Hbond substituents is 1. The van der Waals surface area contributed by atoms with Gasteiger partial charge in [-0.3, -0.25) is 4.79 Å². The number of hydrogen-bond acceptors (Lipinski definition) is 5. The Bertz CT molecular complexity index is 496. The Kier molecular flexibility index (Phi) is 7.73. The Morgan fingerprint density at radius 3 is 2.23 bits per heavy atom. The molecule has 1 amide bonds. The van der Waals surface area contributed by atoms with E-state index in [0.29, 0.717) is 5.56 Å². The second-order valence-corrected chi connectivity index (χ2v) is 5.57. The fraction of sp³-hybridized carbons (Fsp3) is 0.467. The van der Waals surface area contributed by atoms with E-state index in [2.05, 4.69) is 10.1 Å². The molecule has 1 rings (SSSR count). The molecule has 1 unspecified atom stereocenters. The fourth-order valence-electron chi connectivity index (χ4n) is 1.66. The van der Waals surface area contributed by atoms with Crippen molar-refractivity contribution in [3.8, 4) is 5.75 Å². The molecule has 0 aromatic heterocycles. The standard InChI is InChI=1S/C15H21NO5.ClH/c1-15(2,3)21-14(19)16-12(9-13(18)20-4)10-5-7-11(17)8-6-10;/h5-8,12,17H,9H2,1-4H3,(H,16,19);1H. The highest BCUT2D eigenvalue weighted by atomic mass is 35.5. The molecular formula is C15H22ClNO5. The number of phenols is 1. The SMILES string of the molecule is COC(=O)CC(NC(=O)OC(C)(C)C)c1ccc(O)cc1.Cl. The summed E-state index contributed by atoms with van der Waals surface area (Å²) in [5.41, 5.74) is 0.0403. The Morgan fingerprint density at radius 1 is 1.23 bits per heavy atom. The molecule has 0 aliphatic carbocycles. The number of nitrogens with one attached hydrogen (secondary N) is 1. The van der Waals surface area contributed by atoms with E-state index < -0.39 is 23.7 Å². The van der Waals surface area contributed by atoms with Gasteiger partial charge in [-0.25, -0.2) is 4.79 Å². The Labute approximate surface area is 136 Å². The van der Waals surface area contributed by atoms with Gasteiger partial charge in [0.15, 0.2) is 0 Å². The molecule has 0 saturated carbocycles. The maximum Gasteiger partial charge on any atom is 0.408 e. The molecule has 22 heavy (non-hydrogen) atoms. The summed E-state index contributed by atoms with van der Waals surface area (Å²) in [4.78, 5) is 23.3. The maximum absolute atomic E-state index is 11.8. The number of hydrogen-bond donors (Lipinski definition) is 2. The van der Waals surface area contributed by atoms with E-state index in [-0.39, 0.29) is 24.6 Å². The summed E-state index contributed by atoms with van der Waals surface area (Å²) in [7, 11) is 1.28. The zero-order chi connectivity index (χ0) is 16.0. The van der Waals surface area contributed by atoms with Crippen molar-refractivity contribution in [3.63, 3.8) is 0 Å². The number of alkyl carbamates (subject to hydrolysis) is 1. The molecular weight excluding hydrogens is 310 g/mol. The molecule has 0 bridgehead atoms. The molecule has 2 N–H and O–H groups in total. The molecule has 7 heteroatoms. The van der Waals surface area contributed by atoms with Gasteiger partial charge in [0.2, 0.25) is 0 Å². The van der Waals surface area contributed by atoms with E-state index in [4.69, 9.17) is 4.74 Å². The predicted octanol–water partition coefficient (Wildman–Crippen LogP) is 2.94. The van der Waals surface area contributed by atoms with E-state index in [1.54, 1.807) is 32.9 Å². The first-order valence-corrected chi connectivity index (χ1v) is 6.56. The number of methoxy groups -OCH3 is 1. The summed E-state index contributed by atoms with van der Waals surface area (Å²) in [5, 5.41) is 11.9. The van der Waals surface area contributed by atoms with Crippen LogP contribution in [0, 0.1) is 0 Å². The molecule has 6 nitrogen and oxygen atoms in total. The van der Waals surface area contributed by atoms with Crippen molar-refractivity contribution in [1.82, 2.24) is 5.32 Å². The van der Waals surface area contributed by atoms with Gasteiger partial charge < -0.3 is 19.9 Å². The summed E-state index contributed by atoms with van der Waals surface area (Å²) in [6.07, 6.45) is -0.648. The minimum absolute atomic E-state index is 0. The monoisotopic (exact) mass is 331 g/mol. The highest BCUT2D eigenvalue weighted by Crippen LogP contribution is 2.21. The first-order valence-electron chi connectivity index (χ1n) is 6.56. The number of ether oxygens (including phenoxy) is 2. The van der Waals surface area contributed by atoms with Crippen LogP contribution in [0.1, 0.15) is 38.8 Å². The maximum atomic E-state index is 11.8. The number of aromatic hydroxyl groups is 1. The van der Waals surface area contributed by atoms with Crippen LogP contribution in [0.2, 0.25) is 0 Å². The predicted molar refractivity (Wildman–Crippen MR) is 84.1 cm³/mol. The van der Waals surface area contributed by atoms with Crippen molar-refractivity contribution < 1.29 is 24.2 Å². The Balaban J connectivity index is 0.00000441. The lowest BCUT2D eigenvalue weighted by Crippen LogP contribution is -2.35. The minimum atomic E-state index is -0.630. The minimum Gasteiger partial charge on any atom is -0.508 e. The van der Waals surface area contributed by atoms with Crippen molar-refractivity contribution in [2.75, 3.05) is 7.11 Å². The van der Waals surface area contributed by atoms with Crippen molar-refractivity contribution >= 4 is 24.5 Å². The summed E-state index contributed by atoms with van der Waals surface area (Å²) in [6.45, 7) is 5.26. The number of carbonyl (C=O) groups is 2. The van der Waals surface area contributed by atoms with Crippen molar-refractivity contribution in [2.45, 2.75) is 38.8 Å². The fourth-order valence-corrected chi connectivity index (χ4v) is 1.66. The van der Waals surface area contributed by atoms with E-state index in [0.717, 1.165) is 0 Å². The highest BCUT2D eigenvalue weighted by Gasteiger charge is 2.22. The van der Waals surface area contributed by atoms with Crippen molar-refractivity contribution in [3.05, 3.63) is 29.8 Å². The summed E-state index contributed by atoms with van der Waals surface area (Å²) < 4.78 is 9.81. The third kappa shape index (κ3) is 7.17. The van der Waals surface area contributed by atoms with Gasteiger partial charge in [-0.2, -0.15) is 0 Å². The van der Waals surface area contributed by atoms with E-state index in [1.807, 2.05) is 0 Å². The van der Waals surface area contributed by atoms with Crippen LogP contribution in [-0.2, 0) is 14.3 Å². The zero-order valence-electron chi connectivity index (χ0n) is 13.1. The quantitative estimate of drug-likeness (QED) is 0.828. The molecule has 1 atom stereocenters. The lowest BCUT2D eigenvalue weighted by atomic mass is 10.0. The van der Waals surface area contributed by atoms with Crippen LogP contribution in [0.25, 0.3) is 0 Å². The van der Waals surface area contributed by atoms with Crippen LogP contribution in [0.15, 0.2) is 24.3 Å². The summed E-state index contributed by atoms with van der Waals surface area (Å²) >= 11 is 0. The molecule has 0 aliphatic rings. The average molecular weight is 332 g/mol. The number of halogens is 1. The smallest absolute Gasteiger partial charge is 0.408 e. The van der Waals surface area contributed by atoms with Crippen LogP contribution in [-0.4, -0.2) is 29.9 Å². The second kappa shape index (κ2) is 8.48. The summed E-state index contributed by atoms with van der Waals surface area (Å²) in [6, 6.07) is 5.63. The van der Waals surface area contributed by atoms with Gasteiger partial charge in [-0.05, 0) is 38.5 Å². The van der Waals surface area contributed by atoms with Crippen LogP contribution >= 0.6 is 12.4 Å². The molecule has 1 aromatic rings. The average Bonchev–Trinajstić information content (AvgIpc) is 2.36. The lowest BCUT2D eigenvalue weighted by Gasteiger charge is -2.23. The molecule has 124 valence electrons. The van der Waals surface area contributed by atoms with Crippen molar-refractivity contribution in [1.29, 1.82) is 0 Å². The highest BCUT2D eigenvalue weighted by molar-refractivity contribution is 5.85. The number of benzene rings is 1. The topological polar surface area (TPSA) is 84.9 Å². The molecule has 1 aromatic carbocycles. The van der Waals surface area contributed by atoms with Crippen molar-refractivity contribution in [2.24, 2.45) is 0 Å². The van der Waals surface area contributed by atoms with Gasteiger partial charge in [0.05, 0.1) is 19.6 Å². The van der Waals surface area contributed by atoms with E-state index in [1.165, 1.54) is 19.2 Å². The second-order valence-electron chi connectivity index (χ2n) is 5.57. The Hall–Kier alpha value is -1.95. The number of esters is 1. The molecule has 0 radical (unpaired) electrons. The van der Waals surface area contributed by atoms with Crippen LogP contribution < -0.4 is 5.32 Å². The third-order valence-electron chi connectivity index (χ3n) is 2.58. The lowest BCUT2D eigenvalue weighted by molar-refractivity contribution is -0.141. The molecule has 0 heterocycles. The number of carbonyl (C=O) groups excluding carboxylic acids is 2. The van der Waals surface area contributed by atoms with Gasteiger partial charge in [-0.1, -0.05) is 12.1 Å². The largest absolute Gasteiger partial charge is 0.508 e. The normalized spacial score (nSPS) is 11.8. The number of rotatable bonds is 4.